The number of carbonyl (C=O) groups excluding carboxylic acids is 3. The Hall–Kier alpha value is -2.52. The van der Waals surface area contributed by atoms with Crippen LogP contribution in [-0.4, -0.2) is 61.5 Å². The average Bonchev–Trinajstić information content (AvgIpc) is 3.28. The Labute approximate surface area is 173 Å². The Morgan fingerprint density at radius 3 is 2.79 bits per heavy atom. The SMILES string of the molecule is O=C(C[NH+]1CCCCC1)NCCN1C(=O)S/C(=C\c2ccc3c(c2)OCO3)C1=O. The molecule has 0 saturated carbocycles. The highest BCUT2D eigenvalue weighted by molar-refractivity contribution is 8.18. The molecule has 0 bridgehead atoms. The van der Waals surface area contributed by atoms with Gasteiger partial charge in [0.1, 0.15) is 0 Å². The molecule has 0 radical (unpaired) electrons. The number of hydrogen-bond donors (Lipinski definition) is 2. The predicted molar refractivity (Wildman–Crippen MR) is 108 cm³/mol. The van der Waals surface area contributed by atoms with E-state index in [1.807, 2.05) is 6.07 Å². The molecule has 9 heteroatoms. The minimum Gasteiger partial charge on any atom is -0.454 e. The van der Waals surface area contributed by atoms with Crippen LogP contribution in [0.2, 0.25) is 0 Å². The van der Waals surface area contributed by atoms with Gasteiger partial charge in [-0.3, -0.25) is 19.3 Å². The molecular weight excluding hydrogens is 394 g/mol. The first-order valence-corrected chi connectivity index (χ1v) is 10.7. The maximum atomic E-state index is 12.6. The lowest BCUT2D eigenvalue weighted by molar-refractivity contribution is -0.896. The number of amides is 3. The molecule has 29 heavy (non-hydrogen) atoms. The van der Waals surface area contributed by atoms with Crippen molar-refractivity contribution in [1.82, 2.24) is 10.2 Å². The summed E-state index contributed by atoms with van der Waals surface area (Å²) in [4.78, 5) is 39.7. The summed E-state index contributed by atoms with van der Waals surface area (Å²) >= 11 is 0.907. The second-order valence-electron chi connectivity index (χ2n) is 7.28. The summed E-state index contributed by atoms with van der Waals surface area (Å²) in [5.74, 6) is 0.909. The van der Waals surface area contributed by atoms with Crippen molar-refractivity contribution < 1.29 is 28.8 Å². The van der Waals surface area contributed by atoms with Gasteiger partial charge < -0.3 is 19.7 Å². The van der Waals surface area contributed by atoms with Crippen LogP contribution in [0.15, 0.2) is 23.1 Å². The molecule has 1 aromatic carbocycles. The lowest BCUT2D eigenvalue weighted by atomic mass is 10.1. The molecule has 2 saturated heterocycles. The topological polar surface area (TPSA) is 89.4 Å². The number of fused-ring (bicyclic) bond motifs is 1. The van der Waals surface area contributed by atoms with Crippen LogP contribution in [0, 0.1) is 0 Å². The number of ether oxygens (including phenoxy) is 2. The van der Waals surface area contributed by atoms with Crippen LogP contribution in [0.5, 0.6) is 11.5 Å². The number of carbonyl (C=O) groups is 3. The maximum absolute atomic E-state index is 12.6. The molecule has 2 fully saturated rings. The largest absolute Gasteiger partial charge is 0.454 e. The molecule has 3 aliphatic heterocycles. The fourth-order valence-corrected chi connectivity index (χ4v) is 4.54. The van der Waals surface area contributed by atoms with E-state index in [-0.39, 0.29) is 36.9 Å². The summed E-state index contributed by atoms with van der Waals surface area (Å²) in [6, 6.07) is 5.36. The molecule has 0 aliphatic carbocycles. The van der Waals surface area contributed by atoms with E-state index in [0.29, 0.717) is 22.9 Å². The smallest absolute Gasteiger partial charge is 0.293 e. The van der Waals surface area contributed by atoms with E-state index in [4.69, 9.17) is 9.47 Å². The first-order valence-electron chi connectivity index (χ1n) is 9.85. The molecule has 0 aromatic heterocycles. The van der Waals surface area contributed by atoms with Crippen LogP contribution in [0.3, 0.4) is 0 Å². The zero-order valence-corrected chi connectivity index (χ0v) is 16.9. The third-order valence-electron chi connectivity index (χ3n) is 5.20. The minimum absolute atomic E-state index is 0.0372. The van der Waals surface area contributed by atoms with Gasteiger partial charge in [-0.2, -0.15) is 0 Å². The van der Waals surface area contributed by atoms with Crippen molar-refractivity contribution in [3.63, 3.8) is 0 Å². The van der Waals surface area contributed by atoms with E-state index in [9.17, 15) is 14.4 Å². The van der Waals surface area contributed by atoms with Crippen LogP contribution in [0.25, 0.3) is 6.08 Å². The Kier molecular flexibility index (Phi) is 6.05. The zero-order valence-electron chi connectivity index (χ0n) is 16.1. The number of nitrogens with zero attached hydrogens (tertiary/aromatic N) is 1. The molecule has 4 rings (SSSR count). The Morgan fingerprint density at radius 1 is 1.17 bits per heavy atom. The molecule has 8 nitrogen and oxygen atoms in total. The van der Waals surface area contributed by atoms with Crippen molar-refractivity contribution in [3.8, 4) is 11.5 Å². The average molecular weight is 418 g/mol. The third kappa shape index (κ3) is 4.73. The van der Waals surface area contributed by atoms with E-state index in [0.717, 1.165) is 43.3 Å². The first-order chi connectivity index (χ1) is 14.1. The van der Waals surface area contributed by atoms with Gasteiger partial charge in [-0.25, -0.2) is 0 Å². The van der Waals surface area contributed by atoms with Gasteiger partial charge in [0.2, 0.25) is 6.79 Å². The molecule has 3 heterocycles. The van der Waals surface area contributed by atoms with Crippen molar-refractivity contribution in [3.05, 3.63) is 28.7 Å². The lowest BCUT2D eigenvalue weighted by Crippen LogP contribution is -3.13. The van der Waals surface area contributed by atoms with Crippen LogP contribution >= 0.6 is 11.8 Å². The van der Waals surface area contributed by atoms with Crippen molar-refractivity contribution in [2.75, 3.05) is 39.5 Å². The lowest BCUT2D eigenvalue weighted by Gasteiger charge is -2.23. The highest BCUT2D eigenvalue weighted by atomic mass is 32.2. The molecular formula is C20H24N3O5S+. The van der Waals surface area contributed by atoms with Crippen LogP contribution in [0.1, 0.15) is 24.8 Å². The van der Waals surface area contributed by atoms with Gasteiger partial charge in [0.05, 0.1) is 18.0 Å². The molecule has 0 atom stereocenters. The van der Waals surface area contributed by atoms with E-state index in [1.165, 1.54) is 16.2 Å². The summed E-state index contributed by atoms with van der Waals surface area (Å²) in [5.41, 5.74) is 0.762. The maximum Gasteiger partial charge on any atom is 0.293 e. The second kappa shape index (κ2) is 8.87. The van der Waals surface area contributed by atoms with Gasteiger partial charge in [0.15, 0.2) is 18.0 Å². The molecule has 1 aromatic rings. The number of nitrogens with one attached hydrogen (secondary N) is 2. The van der Waals surface area contributed by atoms with Crippen molar-refractivity contribution in [1.29, 1.82) is 0 Å². The fourth-order valence-electron chi connectivity index (χ4n) is 3.67. The summed E-state index contributed by atoms with van der Waals surface area (Å²) in [6.45, 7) is 3.13. The van der Waals surface area contributed by atoms with Gasteiger partial charge in [-0.1, -0.05) is 6.07 Å². The summed E-state index contributed by atoms with van der Waals surface area (Å²) < 4.78 is 10.6. The molecule has 3 aliphatic rings. The molecule has 0 unspecified atom stereocenters. The number of rotatable bonds is 6. The third-order valence-corrected chi connectivity index (χ3v) is 6.10. The Bertz CT molecular complexity index is 851. The first kappa shape index (κ1) is 19.8. The number of likely N-dealkylation sites (tertiary alicyclic amines) is 1. The zero-order chi connectivity index (χ0) is 20.2. The van der Waals surface area contributed by atoms with Gasteiger partial charge >= 0.3 is 0 Å². The van der Waals surface area contributed by atoms with Gasteiger partial charge in [0, 0.05) is 13.1 Å². The molecule has 3 amide bonds. The second-order valence-corrected chi connectivity index (χ2v) is 8.28. The predicted octanol–water partition coefficient (Wildman–Crippen LogP) is 0.637. The van der Waals surface area contributed by atoms with E-state index < -0.39 is 0 Å². The van der Waals surface area contributed by atoms with Crippen molar-refractivity contribution >= 4 is 34.9 Å². The number of quaternary nitrogens is 1. The molecule has 2 N–H and O–H groups in total. The minimum atomic E-state index is -0.339. The fraction of sp³-hybridized carbons (Fsp3) is 0.450. The summed E-state index contributed by atoms with van der Waals surface area (Å²) in [7, 11) is 0. The summed E-state index contributed by atoms with van der Waals surface area (Å²) in [5, 5.41) is 2.50. The van der Waals surface area contributed by atoms with Crippen LogP contribution in [-0.2, 0) is 9.59 Å². The van der Waals surface area contributed by atoms with Gasteiger partial charge in [-0.05, 0) is 54.8 Å². The van der Waals surface area contributed by atoms with E-state index >= 15 is 0 Å². The highest BCUT2D eigenvalue weighted by Gasteiger charge is 2.34. The number of imide groups is 1. The quantitative estimate of drug-likeness (QED) is 0.659. The summed E-state index contributed by atoms with van der Waals surface area (Å²) in [6.07, 6.45) is 5.24. The number of thioether (sulfide) groups is 1. The van der Waals surface area contributed by atoms with Gasteiger partial charge in [0.25, 0.3) is 17.1 Å². The molecule has 154 valence electrons. The Balaban J connectivity index is 1.29. The standard InChI is InChI=1S/C20H23N3O5S/c24-18(12-22-7-2-1-3-8-22)21-6-9-23-19(25)17(29-20(23)26)11-14-4-5-15-16(10-14)28-13-27-15/h4-5,10-11H,1-3,6-9,12-13H2,(H,21,24)/p+1/b17-11-. The Morgan fingerprint density at radius 2 is 1.97 bits per heavy atom. The number of hydrogen-bond acceptors (Lipinski definition) is 6. The number of benzene rings is 1. The molecule has 0 spiro atoms. The van der Waals surface area contributed by atoms with Gasteiger partial charge in [-0.15, -0.1) is 0 Å². The highest BCUT2D eigenvalue weighted by Crippen LogP contribution is 2.36. The number of piperidine rings is 1. The van der Waals surface area contributed by atoms with Crippen molar-refractivity contribution in [2.24, 2.45) is 0 Å². The van der Waals surface area contributed by atoms with E-state index in [2.05, 4.69) is 5.32 Å². The van der Waals surface area contributed by atoms with E-state index in [1.54, 1.807) is 18.2 Å². The van der Waals surface area contributed by atoms with Crippen LogP contribution in [0.4, 0.5) is 4.79 Å². The normalized spacial score (nSPS) is 20.6. The monoisotopic (exact) mass is 418 g/mol. The van der Waals surface area contributed by atoms with Crippen molar-refractivity contribution in [2.45, 2.75) is 19.3 Å². The van der Waals surface area contributed by atoms with Crippen LogP contribution < -0.4 is 19.7 Å².